The summed E-state index contributed by atoms with van der Waals surface area (Å²) in [4.78, 5) is 0. The quantitative estimate of drug-likeness (QED) is 0.752. The number of aryl methyl sites for hydroxylation is 1. The van der Waals surface area contributed by atoms with Crippen molar-refractivity contribution in [2.24, 2.45) is 0 Å². The first-order valence-electron chi connectivity index (χ1n) is 6.66. The third-order valence-electron chi connectivity index (χ3n) is 3.42. The molecule has 0 bridgehead atoms. The van der Waals surface area contributed by atoms with E-state index >= 15 is 0 Å². The van der Waals surface area contributed by atoms with Crippen molar-refractivity contribution in [3.8, 4) is 0 Å². The van der Waals surface area contributed by atoms with Crippen LogP contribution >= 0.6 is 11.6 Å². The first kappa shape index (κ1) is 13.2. The number of benzene rings is 2. The lowest BCUT2D eigenvalue weighted by molar-refractivity contribution is 0.565. The average molecular weight is 286 g/mol. The maximum atomic E-state index is 5.98. The van der Waals surface area contributed by atoms with Crippen molar-refractivity contribution >= 4 is 22.6 Å². The number of halogens is 1. The molecule has 3 heteroatoms. The molecule has 0 amide bonds. The van der Waals surface area contributed by atoms with Gasteiger partial charge in [0.2, 0.25) is 0 Å². The van der Waals surface area contributed by atoms with Gasteiger partial charge in [-0.25, -0.2) is 0 Å². The Kier molecular flexibility index (Phi) is 3.77. The molecule has 0 radical (unpaired) electrons. The molecule has 0 spiro atoms. The Bertz CT molecular complexity index is 733. The maximum Gasteiger partial charge on any atom is 0.134 e. The van der Waals surface area contributed by atoms with Crippen LogP contribution < -0.4 is 5.32 Å². The Morgan fingerprint density at radius 1 is 1.05 bits per heavy atom. The number of rotatable bonds is 4. The topological polar surface area (TPSA) is 25.2 Å². The van der Waals surface area contributed by atoms with Crippen LogP contribution in [0.3, 0.4) is 0 Å². The standard InChI is InChI=1S/C17H16ClNO/c1-12-16(15-7-2-3-8-17(15)20-12)11-19-10-13-5-4-6-14(18)9-13/h2-9,19H,10-11H2,1H3. The highest BCUT2D eigenvalue weighted by Crippen LogP contribution is 2.25. The zero-order valence-electron chi connectivity index (χ0n) is 11.3. The van der Waals surface area contributed by atoms with Gasteiger partial charge in [-0.1, -0.05) is 41.9 Å². The van der Waals surface area contributed by atoms with E-state index < -0.39 is 0 Å². The van der Waals surface area contributed by atoms with Crippen LogP contribution in [-0.2, 0) is 13.1 Å². The van der Waals surface area contributed by atoms with Crippen molar-refractivity contribution in [1.82, 2.24) is 5.32 Å². The maximum absolute atomic E-state index is 5.98. The minimum Gasteiger partial charge on any atom is -0.461 e. The molecule has 1 N–H and O–H groups in total. The Hall–Kier alpha value is -1.77. The van der Waals surface area contributed by atoms with Crippen molar-refractivity contribution in [1.29, 1.82) is 0 Å². The predicted molar refractivity (Wildman–Crippen MR) is 82.9 cm³/mol. The molecule has 0 atom stereocenters. The molecule has 3 aromatic rings. The zero-order valence-corrected chi connectivity index (χ0v) is 12.1. The molecule has 0 aliphatic heterocycles. The fourth-order valence-electron chi connectivity index (χ4n) is 2.42. The van der Waals surface area contributed by atoms with E-state index in [9.17, 15) is 0 Å². The second-order valence-electron chi connectivity index (χ2n) is 4.87. The number of nitrogens with one attached hydrogen (secondary N) is 1. The molecule has 1 heterocycles. The zero-order chi connectivity index (χ0) is 13.9. The summed E-state index contributed by atoms with van der Waals surface area (Å²) in [5, 5.41) is 5.40. The Morgan fingerprint density at radius 3 is 2.75 bits per heavy atom. The van der Waals surface area contributed by atoms with Crippen molar-refractivity contribution in [3.63, 3.8) is 0 Å². The highest BCUT2D eigenvalue weighted by atomic mass is 35.5. The normalized spacial score (nSPS) is 11.1. The fraction of sp³-hybridized carbons (Fsp3) is 0.176. The molecular formula is C17H16ClNO. The number of hydrogen-bond acceptors (Lipinski definition) is 2. The molecular weight excluding hydrogens is 270 g/mol. The monoisotopic (exact) mass is 285 g/mol. The van der Waals surface area contributed by atoms with Crippen LogP contribution in [-0.4, -0.2) is 0 Å². The lowest BCUT2D eigenvalue weighted by atomic mass is 10.1. The second-order valence-corrected chi connectivity index (χ2v) is 5.30. The van der Waals surface area contributed by atoms with E-state index in [1.54, 1.807) is 0 Å². The SMILES string of the molecule is Cc1oc2ccccc2c1CNCc1cccc(Cl)c1. The lowest BCUT2D eigenvalue weighted by Crippen LogP contribution is -2.12. The Labute approximate surface area is 123 Å². The summed E-state index contributed by atoms with van der Waals surface area (Å²) in [7, 11) is 0. The second kappa shape index (κ2) is 5.70. The van der Waals surface area contributed by atoms with E-state index in [1.165, 1.54) is 16.5 Å². The van der Waals surface area contributed by atoms with Crippen LogP contribution in [0.1, 0.15) is 16.9 Å². The summed E-state index contributed by atoms with van der Waals surface area (Å²) in [5.41, 5.74) is 3.36. The van der Waals surface area contributed by atoms with Gasteiger partial charge in [0.25, 0.3) is 0 Å². The summed E-state index contributed by atoms with van der Waals surface area (Å²) in [6, 6.07) is 16.0. The van der Waals surface area contributed by atoms with Gasteiger partial charge in [-0.05, 0) is 30.7 Å². The van der Waals surface area contributed by atoms with Crippen LogP contribution in [0.25, 0.3) is 11.0 Å². The summed E-state index contributed by atoms with van der Waals surface area (Å²) >= 11 is 5.98. The van der Waals surface area contributed by atoms with Crippen LogP contribution in [0.15, 0.2) is 52.9 Å². The summed E-state index contributed by atoms with van der Waals surface area (Å²) in [6.07, 6.45) is 0. The molecule has 2 aromatic carbocycles. The summed E-state index contributed by atoms with van der Waals surface area (Å²) < 4.78 is 5.76. The van der Waals surface area contributed by atoms with Gasteiger partial charge < -0.3 is 9.73 Å². The van der Waals surface area contributed by atoms with Crippen molar-refractivity contribution in [3.05, 3.63) is 70.4 Å². The number of fused-ring (bicyclic) bond motifs is 1. The fourth-order valence-corrected chi connectivity index (χ4v) is 2.63. The molecule has 0 fully saturated rings. The van der Waals surface area contributed by atoms with Crippen molar-refractivity contribution in [2.45, 2.75) is 20.0 Å². The molecule has 2 nitrogen and oxygen atoms in total. The summed E-state index contributed by atoms with van der Waals surface area (Å²) in [6.45, 7) is 3.59. The number of hydrogen-bond donors (Lipinski definition) is 1. The molecule has 0 saturated carbocycles. The molecule has 102 valence electrons. The highest BCUT2D eigenvalue weighted by molar-refractivity contribution is 6.30. The van der Waals surface area contributed by atoms with E-state index in [0.717, 1.165) is 29.5 Å². The van der Waals surface area contributed by atoms with Gasteiger partial charge in [-0.2, -0.15) is 0 Å². The van der Waals surface area contributed by atoms with E-state index in [0.29, 0.717) is 0 Å². The Balaban J connectivity index is 1.73. The highest BCUT2D eigenvalue weighted by Gasteiger charge is 2.09. The number of furan rings is 1. The van der Waals surface area contributed by atoms with Gasteiger partial charge in [-0.15, -0.1) is 0 Å². The van der Waals surface area contributed by atoms with Crippen LogP contribution in [0.5, 0.6) is 0 Å². The average Bonchev–Trinajstić information content (AvgIpc) is 2.75. The van der Waals surface area contributed by atoms with E-state index in [1.807, 2.05) is 43.3 Å². The molecule has 0 unspecified atom stereocenters. The van der Waals surface area contributed by atoms with Crippen LogP contribution in [0, 0.1) is 6.92 Å². The first-order valence-corrected chi connectivity index (χ1v) is 7.04. The van der Waals surface area contributed by atoms with Crippen LogP contribution in [0.2, 0.25) is 5.02 Å². The van der Waals surface area contributed by atoms with Crippen LogP contribution in [0.4, 0.5) is 0 Å². The number of para-hydroxylation sites is 1. The molecule has 3 rings (SSSR count). The lowest BCUT2D eigenvalue weighted by Gasteiger charge is -2.05. The van der Waals surface area contributed by atoms with Crippen molar-refractivity contribution in [2.75, 3.05) is 0 Å². The molecule has 20 heavy (non-hydrogen) atoms. The van der Waals surface area contributed by atoms with E-state index in [4.69, 9.17) is 16.0 Å². The van der Waals surface area contributed by atoms with Gasteiger partial charge >= 0.3 is 0 Å². The Morgan fingerprint density at radius 2 is 1.90 bits per heavy atom. The molecule has 1 aromatic heterocycles. The van der Waals surface area contributed by atoms with Gasteiger partial charge in [-0.3, -0.25) is 0 Å². The van der Waals surface area contributed by atoms with Gasteiger partial charge in [0.05, 0.1) is 0 Å². The first-order chi connectivity index (χ1) is 9.74. The summed E-state index contributed by atoms with van der Waals surface area (Å²) in [5.74, 6) is 0.977. The molecule has 0 aliphatic carbocycles. The van der Waals surface area contributed by atoms with Gasteiger partial charge in [0.15, 0.2) is 0 Å². The van der Waals surface area contributed by atoms with Crippen molar-refractivity contribution < 1.29 is 4.42 Å². The molecule has 0 saturated heterocycles. The minimum absolute atomic E-state index is 0.772. The van der Waals surface area contributed by atoms with Gasteiger partial charge in [0.1, 0.15) is 11.3 Å². The third-order valence-corrected chi connectivity index (χ3v) is 3.66. The van der Waals surface area contributed by atoms with E-state index in [2.05, 4.69) is 17.4 Å². The van der Waals surface area contributed by atoms with E-state index in [-0.39, 0.29) is 0 Å². The predicted octanol–water partition coefficient (Wildman–Crippen LogP) is 4.68. The third kappa shape index (κ3) is 2.72. The molecule has 0 aliphatic rings. The minimum atomic E-state index is 0.772. The van der Waals surface area contributed by atoms with Gasteiger partial charge in [0, 0.05) is 29.1 Å². The smallest absolute Gasteiger partial charge is 0.134 e. The largest absolute Gasteiger partial charge is 0.461 e.